The maximum atomic E-state index is 12.5. The zero-order valence-corrected chi connectivity index (χ0v) is 14.3. The van der Waals surface area contributed by atoms with Gasteiger partial charge in [-0.3, -0.25) is 14.7 Å². The van der Waals surface area contributed by atoms with Gasteiger partial charge in [0.15, 0.2) is 0 Å². The smallest absolute Gasteiger partial charge is 0.280 e. The molecular formula is C19H19N5O2. The van der Waals surface area contributed by atoms with Crippen LogP contribution >= 0.6 is 0 Å². The lowest BCUT2D eigenvalue weighted by Crippen LogP contribution is -2.26. The first kappa shape index (κ1) is 17.2. The highest BCUT2D eigenvalue weighted by Gasteiger charge is 2.10. The number of anilines is 1. The van der Waals surface area contributed by atoms with Gasteiger partial charge in [0.05, 0.1) is 24.0 Å². The van der Waals surface area contributed by atoms with E-state index in [1.54, 1.807) is 6.92 Å². The second kappa shape index (κ2) is 7.98. The number of hydrogen-bond acceptors (Lipinski definition) is 4. The second-order valence-corrected chi connectivity index (χ2v) is 5.64. The Hall–Kier alpha value is -3.61. The number of aryl methyl sites for hydroxylation is 1. The number of H-pyrrole nitrogens is 1. The molecule has 26 heavy (non-hydrogen) atoms. The number of aromatic amines is 1. The minimum absolute atomic E-state index is 0.0850. The van der Waals surface area contributed by atoms with E-state index in [1.165, 1.54) is 10.9 Å². The van der Waals surface area contributed by atoms with Crippen molar-refractivity contribution in [3.05, 3.63) is 82.3 Å². The number of amides is 1. The fourth-order valence-electron chi connectivity index (χ4n) is 2.42. The van der Waals surface area contributed by atoms with Gasteiger partial charge in [0.2, 0.25) is 0 Å². The molecule has 132 valence electrons. The summed E-state index contributed by atoms with van der Waals surface area (Å²) >= 11 is 0. The Labute approximate surface area is 150 Å². The summed E-state index contributed by atoms with van der Waals surface area (Å²) in [5, 5.41) is 9.87. The maximum absolute atomic E-state index is 12.5. The van der Waals surface area contributed by atoms with Gasteiger partial charge in [0.25, 0.3) is 11.5 Å². The van der Waals surface area contributed by atoms with E-state index in [4.69, 9.17) is 0 Å². The Morgan fingerprint density at radius 2 is 1.77 bits per heavy atom. The first-order chi connectivity index (χ1) is 12.6. The third-order valence-corrected chi connectivity index (χ3v) is 3.74. The Morgan fingerprint density at radius 3 is 2.46 bits per heavy atom. The molecule has 7 heteroatoms. The van der Waals surface area contributed by atoms with E-state index in [2.05, 4.69) is 20.9 Å². The summed E-state index contributed by atoms with van der Waals surface area (Å²) in [6.07, 6.45) is 1.36. The third kappa shape index (κ3) is 4.07. The predicted molar refractivity (Wildman–Crippen MR) is 102 cm³/mol. The van der Waals surface area contributed by atoms with Crippen LogP contribution in [0.1, 0.15) is 11.3 Å². The summed E-state index contributed by atoms with van der Waals surface area (Å²) in [4.78, 5) is 24.3. The number of hydrogen-bond donors (Lipinski definition) is 3. The number of carbonyl (C=O) groups excluding carboxylic acids is 1. The van der Waals surface area contributed by atoms with E-state index in [0.29, 0.717) is 11.3 Å². The van der Waals surface area contributed by atoms with E-state index < -0.39 is 0 Å². The first-order valence-electron chi connectivity index (χ1n) is 8.13. The Kier molecular flexibility index (Phi) is 5.28. The van der Waals surface area contributed by atoms with E-state index in [-0.39, 0.29) is 18.0 Å². The van der Waals surface area contributed by atoms with Crippen molar-refractivity contribution in [1.29, 1.82) is 0 Å². The molecule has 0 spiro atoms. The monoisotopic (exact) mass is 349 g/mol. The lowest BCUT2D eigenvalue weighted by Gasteiger charge is -2.04. The summed E-state index contributed by atoms with van der Waals surface area (Å²) in [5.41, 5.74) is 4.82. The van der Waals surface area contributed by atoms with Gasteiger partial charge in [-0.2, -0.15) is 5.10 Å². The number of nitrogens with one attached hydrogen (secondary N) is 3. The summed E-state index contributed by atoms with van der Waals surface area (Å²) in [7, 11) is 0. The van der Waals surface area contributed by atoms with Crippen molar-refractivity contribution in [2.45, 2.75) is 6.92 Å². The SMILES string of the molecule is Cc1[nH]n(-c2ccccc2)c(=O)c1/C=N\NC(=O)CNc1ccccc1. The van der Waals surface area contributed by atoms with Crippen LogP contribution in [-0.2, 0) is 4.79 Å². The molecule has 1 heterocycles. The number of benzene rings is 2. The zero-order valence-electron chi connectivity index (χ0n) is 14.3. The molecule has 0 atom stereocenters. The molecule has 7 nitrogen and oxygen atoms in total. The van der Waals surface area contributed by atoms with Crippen molar-refractivity contribution >= 4 is 17.8 Å². The predicted octanol–water partition coefficient (Wildman–Crippen LogP) is 2.04. The van der Waals surface area contributed by atoms with E-state index in [9.17, 15) is 9.59 Å². The van der Waals surface area contributed by atoms with Crippen LogP contribution in [0.4, 0.5) is 5.69 Å². The van der Waals surface area contributed by atoms with Crippen molar-refractivity contribution in [2.75, 3.05) is 11.9 Å². The van der Waals surface area contributed by atoms with Crippen LogP contribution in [0.5, 0.6) is 0 Å². The molecule has 0 aliphatic heterocycles. The van der Waals surface area contributed by atoms with E-state index in [1.807, 2.05) is 60.7 Å². The van der Waals surface area contributed by atoms with Crippen molar-refractivity contribution in [1.82, 2.24) is 15.2 Å². The molecule has 0 saturated carbocycles. The molecule has 2 aromatic carbocycles. The fourth-order valence-corrected chi connectivity index (χ4v) is 2.42. The fraction of sp³-hybridized carbons (Fsp3) is 0.105. The third-order valence-electron chi connectivity index (χ3n) is 3.74. The van der Waals surface area contributed by atoms with Crippen molar-refractivity contribution in [2.24, 2.45) is 5.10 Å². The number of hydrazone groups is 1. The molecule has 0 fully saturated rings. The Balaban J connectivity index is 1.63. The van der Waals surface area contributed by atoms with Crippen molar-refractivity contribution in [3.63, 3.8) is 0 Å². The van der Waals surface area contributed by atoms with Crippen LogP contribution in [0.15, 0.2) is 70.6 Å². The lowest BCUT2D eigenvalue weighted by molar-refractivity contribution is -0.119. The van der Waals surface area contributed by atoms with Gasteiger partial charge in [-0.05, 0) is 31.2 Å². The summed E-state index contributed by atoms with van der Waals surface area (Å²) in [6.45, 7) is 1.86. The normalized spacial score (nSPS) is 10.8. The molecule has 3 N–H and O–H groups in total. The maximum Gasteiger partial charge on any atom is 0.280 e. The van der Waals surface area contributed by atoms with Crippen LogP contribution in [0.2, 0.25) is 0 Å². The molecule has 3 rings (SSSR count). The molecular weight excluding hydrogens is 330 g/mol. The van der Waals surface area contributed by atoms with Crippen molar-refractivity contribution in [3.8, 4) is 5.69 Å². The van der Waals surface area contributed by atoms with Gasteiger partial charge in [-0.25, -0.2) is 10.1 Å². The number of nitrogens with zero attached hydrogens (tertiary/aromatic N) is 2. The highest BCUT2D eigenvalue weighted by molar-refractivity contribution is 5.84. The quantitative estimate of drug-likeness (QED) is 0.470. The standard InChI is InChI=1S/C19H19N5O2/c1-14-17(19(26)24(23-14)16-10-6-3-7-11-16)12-21-22-18(25)13-20-15-8-4-2-5-9-15/h2-12,20,23H,13H2,1H3,(H,22,25)/b21-12-. The molecule has 1 amide bonds. The summed E-state index contributed by atoms with van der Waals surface area (Å²) in [5.74, 6) is -0.304. The molecule has 0 unspecified atom stereocenters. The average molecular weight is 349 g/mol. The van der Waals surface area contributed by atoms with Crippen LogP contribution in [0, 0.1) is 6.92 Å². The second-order valence-electron chi connectivity index (χ2n) is 5.64. The molecule has 0 bridgehead atoms. The molecule has 0 aliphatic rings. The number of carbonyl (C=O) groups is 1. The van der Waals surface area contributed by atoms with Gasteiger partial charge < -0.3 is 5.32 Å². The minimum atomic E-state index is -0.304. The Bertz CT molecular complexity index is 959. The van der Waals surface area contributed by atoms with Crippen LogP contribution in [0.3, 0.4) is 0 Å². The lowest BCUT2D eigenvalue weighted by atomic mass is 10.3. The minimum Gasteiger partial charge on any atom is -0.376 e. The van der Waals surface area contributed by atoms with Gasteiger partial charge >= 0.3 is 0 Å². The zero-order chi connectivity index (χ0) is 18.4. The van der Waals surface area contributed by atoms with Crippen LogP contribution < -0.4 is 16.3 Å². The van der Waals surface area contributed by atoms with Crippen molar-refractivity contribution < 1.29 is 4.79 Å². The number of para-hydroxylation sites is 2. The van der Waals surface area contributed by atoms with Gasteiger partial charge in [-0.1, -0.05) is 36.4 Å². The number of rotatable bonds is 6. The molecule has 3 aromatic rings. The summed E-state index contributed by atoms with van der Waals surface area (Å²) in [6, 6.07) is 18.6. The topological polar surface area (TPSA) is 91.3 Å². The Morgan fingerprint density at radius 1 is 1.12 bits per heavy atom. The molecule has 0 saturated heterocycles. The largest absolute Gasteiger partial charge is 0.376 e. The van der Waals surface area contributed by atoms with Crippen LogP contribution in [0.25, 0.3) is 5.69 Å². The average Bonchev–Trinajstić information content (AvgIpc) is 2.96. The van der Waals surface area contributed by atoms with Gasteiger partial charge in [-0.15, -0.1) is 0 Å². The van der Waals surface area contributed by atoms with Gasteiger partial charge in [0.1, 0.15) is 0 Å². The highest BCUT2D eigenvalue weighted by Crippen LogP contribution is 2.05. The summed E-state index contributed by atoms with van der Waals surface area (Å²) < 4.78 is 1.44. The van der Waals surface area contributed by atoms with Gasteiger partial charge in [0, 0.05) is 11.4 Å². The first-order valence-corrected chi connectivity index (χ1v) is 8.13. The van der Waals surface area contributed by atoms with Crippen LogP contribution in [-0.4, -0.2) is 28.4 Å². The molecule has 0 radical (unpaired) electrons. The van der Waals surface area contributed by atoms with E-state index >= 15 is 0 Å². The molecule has 1 aromatic heterocycles. The molecule has 0 aliphatic carbocycles. The number of aromatic nitrogens is 2. The van der Waals surface area contributed by atoms with E-state index in [0.717, 1.165) is 11.4 Å². The highest BCUT2D eigenvalue weighted by atomic mass is 16.2.